The number of nitrogens with zero attached hydrogens (tertiary/aromatic N) is 3. The third-order valence-electron chi connectivity index (χ3n) is 3.23. The lowest BCUT2D eigenvalue weighted by Crippen LogP contribution is -2.25. The lowest BCUT2D eigenvalue weighted by atomic mass is 10.2. The topological polar surface area (TPSA) is 59.8 Å². The normalized spacial score (nSPS) is 10.5. The first-order valence-corrected chi connectivity index (χ1v) is 7.97. The first-order valence-electron chi connectivity index (χ1n) is 7.03. The Morgan fingerprint density at radius 2 is 2.14 bits per heavy atom. The summed E-state index contributed by atoms with van der Waals surface area (Å²) in [6.45, 7) is 1.24. The van der Waals surface area contributed by atoms with Gasteiger partial charge in [-0.1, -0.05) is 30.3 Å². The van der Waals surface area contributed by atoms with E-state index in [2.05, 4.69) is 15.4 Å². The number of rotatable bonds is 6. The highest BCUT2D eigenvalue weighted by Crippen LogP contribution is 2.04. The van der Waals surface area contributed by atoms with Crippen LogP contribution in [0.1, 0.15) is 21.6 Å². The van der Waals surface area contributed by atoms with Gasteiger partial charge in [-0.3, -0.25) is 9.48 Å². The molecule has 2 aromatic heterocycles. The summed E-state index contributed by atoms with van der Waals surface area (Å²) in [5.41, 5.74) is 4.53. The van der Waals surface area contributed by atoms with Crippen molar-refractivity contribution < 1.29 is 4.79 Å². The molecule has 6 heteroatoms. The number of hydrogen-bond donors (Lipinski definition) is 1. The van der Waals surface area contributed by atoms with Gasteiger partial charge in [-0.15, -0.1) is 11.3 Å². The van der Waals surface area contributed by atoms with Crippen molar-refractivity contribution >= 4 is 17.2 Å². The van der Waals surface area contributed by atoms with Crippen LogP contribution in [0.4, 0.5) is 0 Å². The number of thiazole rings is 1. The van der Waals surface area contributed by atoms with E-state index in [0.29, 0.717) is 18.7 Å². The van der Waals surface area contributed by atoms with Crippen molar-refractivity contribution in [1.82, 2.24) is 20.1 Å². The van der Waals surface area contributed by atoms with Gasteiger partial charge in [0.1, 0.15) is 0 Å². The Bertz CT molecular complexity index is 722. The maximum Gasteiger partial charge on any atom is 0.254 e. The van der Waals surface area contributed by atoms with Gasteiger partial charge in [-0.2, -0.15) is 5.10 Å². The van der Waals surface area contributed by atoms with E-state index < -0.39 is 0 Å². The molecule has 0 saturated carbocycles. The Morgan fingerprint density at radius 3 is 2.91 bits per heavy atom. The Morgan fingerprint density at radius 1 is 1.27 bits per heavy atom. The van der Waals surface area contributed by atoms with Crippen LogP contribution in [0.25, 0.3) is 0 Å². The van der Waals surface area contributed by atoms with Gasteiger partial charge in [0.2, 0.25) is 0 Å². The van der Waals surface area contributed by atoms with Crippen molar-refractivity contribution in [3.8, 4) is 0 Å². The van der Waals surface area contributed by atoms with E-state index in [0.717, 1.165) is 17.7 Å². The molecule has 0 atom stereocenters. The van der Waals surface area contributed by atoms with Crippen LogP contribution in [0.2, 0.25) is 0 Å². The molecule has 0 bridgehead atoms. The van der Waals surface area contributed by atoms with Gasteiger partial charge in [-0.05, 0) is 5.56 Å². The monoisotopic (exact) mass is 312 g/mol. The van der Waals surface area contributed by atoms with E-state index in [4.69, 9.17) is 0 Å². The fourth-order valence-corrected chi connectivity index (χ4v) is 2.70. The fourth-order valence-electron chi connectivity index (χ4n) is 2.10. The zero-order valence-electron chi connectivity index (χ0n) is 12.0. The zero-order valence-corrected chi connectivity index (χ0v) is 12.8. The third kappa shape index (κ3) is 3.79. The van der Waals surface area contributed by atoms with Crippen molar-refractivity contribution in [3.05, 3.63) is 70.4 Å². The van der Waals surface area contributed by atoms with Crippen molar-refractivity contribution in [1.29, 1.82) is 0 Å². The van der Waals surface area contributed by atoms with Gasteiger partial charge in [0.25, 0.3) is 5.91 Å². The summed E-state index contributed by atoms with van der Waals surface area (Å²) in [5.74, 6) is -0.102. The van der Waals surface area contributed by atoms with Crippen LogP contribution in [0, 0.1) is 0 Å². The van der Waals surface area contributed by atoms with Crippen LogP contribution in [0.5, 0.6) is 0 Å². The summed E-state index contributed by atoms with van der Waals surface area (Å²) in [5, 5.41) is 9.11. The zero-order chi connectivity index (χ0) is 15.2. The molecular formula is C16H16N4OS. The first-order chi connectivity index (χ1) is 10.8. The molecule has 3 rings (SSSR count). The van der Waals surface area contributed by atoms with Crippen LogP contribution in [0.3, 0.4) is 0 Å². The summed E-state index contributed by atoms with van der Waals surface area (Å²) in [6, 6.07) is 10.0. The van der Waals surface area contributed by atoms with E-state index >= 15 is 0 Å². The number of benzene rings is 1. The number of carbonyl (C=O) groups is 1. The molecular weight excluding hydrogens is 296 g/mol. The Labute approximate surface area is 132 Å². The fraction of sp³-hybridized carbons (Fsp3) is 0.188. The second-order valence-corrected chi connectivity index (χ2v) is 5.62. The van der Waals surface area contributed by atoms with Crippen LogP contribution < -0.4 is 5.32 Å². The van der Waals surface area contributed by atoms with Crippen molar-refractivity contribution in [2.75, 3.05) is 6.54 Å². The van der Waals surface area contributed by atoms with Crippen molar-refractivity contribution in [3.63, 3.8) is 0 Å². The molecule has 0 aliphatic heterocycles. The Kier molecular flexibility index (Phi) is 4.60. The molecule has 112 valence electrons. The van der Waals surface area contributed by atoms with Crippen molar-refractivity contribution in [2.24, 2.45) is 0 Å². The molecule has 3 aromatic rings. The molecule has 1 amide bonds. The van der Waals surface area contributed by atoms with Crippen molar-refractivity contribution in [2.45, 2.75) is 13.0 Å². The van der Waals surface area contributed by atoms with Gasteiger partial charge in [0, 0.05) is 24.5 Å². The minimum absolute atomic E-state index is 0.102. The highest BCUT2D eigenvalue weighted by Gasteiger charge is 2.08. The van der Waals surface area contributed by atoms with E-state index in [1.165, 1.54) is 0 Å². The average Bonchev–Trinajstić information content (AvgIpc) is 3.20. The second-order valence-electron chi connectivity index (χ2n) is 4.90. The van der Waals surface area contributed by atoms with Crippen LogP contribution in [-0.4, -0.2) is 27.2 Å². The Hall–Kier alpha value is -2.47. The van der Waals surface area contributed by atoms with Crippen LogP contribution in [0.15, 0.2) is 53.6 Å². The molecule has 0 aliphatic rings. The minimum Gasteiger partial charge on any atom is -0.352 e. The summed E-state index contributed by atoms with van der Waals surface area (Å²) < 4.78 is 1.77. The lowest BCUT2D eigenvalue weighted by Gasteiger charge is -2.02. The predicted octanol–water partition coefficient (Wildman–Crippen LogP) is 2.36. The minimum atomic E-state index is -0.102. The molecule has 2 heterocycles. The maximum atomic E-state index is 12.1. The summed E-state index contributed by atoms with van der Waals surface area (Å²) in [7, 11) is 0. The highest BCUT2D eigenvalue weighted by molar-refractivity contribution is 7.07. The first kappa shape index (κ1) is 14.5. The maximum absolute atomic E-state index is 12.1. The largest absolute Gasteiger partial charge is 0.352 e. The molecule has 1 aromatic carbocycles. The van der Waals surface area contributed by atoms with E-state index in [-0.39, 0.29) is 5.91 Å². The number of hydrogen-bond acceptors (Lipinski definition) is 4. The highest BCUT2D eigenvalue weighted by atomic mass is 32.1. The number of amides is 1. The molecule has 22 heavy (non-hydrogen) atoms. The van der Waals surface area contributed by atoms with Gasteiger partial charge >= 0.3 is 0 Å². The lowest BCUT2D eigenvalue weighted by molar-refractivity contribution is 0.0954. The molecule has 0 saturated heterocycles. The molecule has 5 nitrogen and oxygen atoms in total. The third-order valence-corrected chi connectivity index (χ3v) is 3.87. The van der Waals surface area contributed by atoms with Gasteiger partial charge in [0.15, 0.2) is 0 Å². The van der Waals surface area contributed by atoms with Crippen LogP contribution in [-0.2, 0) is 13.0 Å². The van der Waals surface area contributed by atoms with E-state index in [1.54, 1.807) is 33.9 Å². The number of carbonyl (C=O) groups excluding carboxylic acids is 1. The quantitative estimate of drug-likeness (QED) is 0.760. The van der Waals surface area contributed by atoms with E-state index in [9.17, 15) is 4.79 Å². The molecule has 0 spiro atoms. The predicted molar refractivity (Wildman–Crippen MR) is 85.9 cm³/mol. The molecule has 0 unspecified atom stereocenters. The van der Waals surface area contributed by atoms with Gasteiger partial charge < -0.3 is 5.32 Å². The number of aromatic nitrogens is 3. The standard InChI is InChI=1S/C16H16N4OS/c21-16(17-7-6-15-11-22-12-18-15)14-8-19-20(10-14)9-13-4-2-1-3-5-13/h1-5,8,10-12H,6-7,9H2,(H,17,21). The van der Waals surface area contributed by atoms with Gasteiger partial charge in [-0.25, -0.2) is 4.98 Å². The summed E-state index contributed by atoms with van der Waals surface area (Å²) >= 11 is 1.56. The molecule has 0 aliphatic carbocycles. The summed E-state index contributed by atoms with van der Waals surface area (Å²) in [4.78, 5) is 16.2. The molecule has 0 fully saturated rings. The van der Waals surface area contributed by atoms with Crippen LogP contribution >= 0.6 is 11.3 Å². The molecule has 0 radical (unpaired) electrons. The SMILES string of the molecule is O=C(NCCc1cscn1)c1cnn(Cc2ccccc2)c1. The van der Waals surface area contributed by atoms with E-state index in [1.807, 2.05) is 35.7 Å². The van der Waals surface area contributed by atoms with Gasteiger partial charge in [0.05, 0.1) is 29.5 Å². The molecule has 1 N–H and O–H groups in total. The summed E-state index contributed by atoms with van der Waals surface area (Å²) in [6.07, 6.45) is 4.11. The second kappa shape index (κ2) is 7.00. The smallest absolute Gasteiger partial charge is 0.254 e. The number of nitrogens with one attached hydrogen (secondary N) is 1. The average molecular weight is 312 g/mol. The Balaban J connectivity index is 1.53.